The van der Waals surface area contributed by atoms with Crippen LogP contribution in [0.4, 0.5) is 5.95 Å². The van der Waals surface area contributed by atoms with Crippen molar-refractivity contribution < 1.29 is 5.11 Å². The minimum atomic E-state index is -0.379. The topological polar surface area (TPSA) is 88.8 Å². The molecule has 8 heteroatoms. The van der Waals surface area contributed by atoms with E-state index < -0.39 is 0 Å². The molecule has 3 rings (SSSR count). The average molecular weight is 295 g/mol. The quantitative estimate of drug-likeness (QED) is 0.890. The monoisotopic (exact) mass is 294 g/mol. The van der Waals surface area contributed by atoms with E-state index in [0.717, 1.165) is 25.7 Å². The molecule has 0 saturated heterocycles. The maximum absolute atomic E-state index is 9.97. The van der Waals surface area contributed by atoms with Crippen molar-refractivity contribution in [2.75, 3.05) is 5.32 Å². The number of rotatable bonds is 3. The lowest BCUT2D eigenvalue weighted by Crippen LogP contribution is -2.37. The van der Waals surface area contributed by atoms with Gasteiger partial charge in [-0.05, 0) is 24.4 Å². The van der Waals surface area contributed by atoms with Crippen LogP contribution >= 0.6 is 11.6 Å². The molecule has 2 aromatic rings. The number of halogens is 1. The van der Waals surface area contributed by atoms with E-state index in [1.54, 1.807) is 23.3 Å². The van der Waals surface area contributed by atoms with Gasteiger partial charge in [0.25, 0.3) is 0 Å². The Labute approximate surface area is 121 Å². The Morgan fingerprint density at radius 2 is 2.10 bits per heavy atom. The van der Waals surface area contributed by atoms with Gasteiger partial charge >= 0.3 is 0 Å². The Kier molecular flexibility index (Phi) is 3.79. The van der Waals surface area contributed by atoms with Gasteiger partial charge < -0.3 is 10.4 Å². The minimum absolute atomic E-state index is 0.0437. The lowest BCUT2D eigenvalue weighted by molar-refractivity contribution is 0.116. The van der Waals surface area contributed by atoms with Crippen LogP contribution in [0.2, 0.25) is 5.28 Å². The van der Waals surface area contributed by atoms with Crippen LogP contribution in [0.15, 0.2) is 18.7 Å². The Morgan fingerprint density at radius 3 is 2.85 bits per heavy atom. The van der Waals surface area contributed by atoms with E-state index in [9.17, 15) is 5.11 Å². The van der Waals surface area contributed by atoms with Crippen LogP contribution in [0, 0.1) is 0 Å². The zero-order valence-corrected chi connectivity index (χ0v) is 11.5. The predicted molar refractivity (Wildman–Crippen MR) is 73.8 cm³/mol. The summed E-state index contributed by atoms with van der Waals surface area (Å²) in [4.78, 5) is 16.4. The SMILES string of the molecule is OC1CCCCC1Nc1nc(Cl)nc(-n2ccnc2)n1. The molecule has 2 heterocycles. The Hall–Kier alpha value is -1.73. The summed E-state index contributed by atoms with van der Waals surface area (Å²) in [5.74, 6) is 0.773. The van der Waals surface area contributed by atoms with E-state index in [0.29, 0.717) is 11.9 Å². The third-order valence-electron chi connectivity index (χ3n) is 3.38. The standard InChI is InChI=1S/C12H15ClN6O/c13-10-16-11(15-8-3-1-2-4-9(8)20)18-12(17-10)19-6-5-14-7-19/h5-9,20H,1-4H2,(H,15,16,17,18). The molecule has 2 N–H and O–H groups in total. The van der Waals surface area contributed by atoms with Crippen molar-refractivity contribution in [3.63, 3.8) is 0 Å². The number of anilines is 1. The molecule has 0 radical (unpaired) electrons. The van der Waals surface area contributed by atoms with Gasteiger partial charge in [-0.25, -0.2) is 4.98 Å². The van der Waals surface area contributed by atoms with Gasteiger partial charge in [0.05, 0.1) is 12.1 Å². The summed E-state index contributed by atoms with van der Waals surface area (Å²) in [6.07, 6.45) is 8.40. The fourth-order valence-corrected chi connectivity index (χ4v) is 2.50. The molecule has 0 aromatic carbocycles. The molecule has 0 bridgehead atoms. The maximum Gasteiger partial charge on any atom is 0.241 e. The van der Waals surface area contributed by atoms with Crippen molar-refractivity contribution >= 4 is 17.5 Å². The number of aromatic nitrogens is 5. The molecule has 1 fully saturated rings. The minimum Gasteiger partial charge on any atom is -0.391 e. The number of hydrogen-bond acceptors (Lipinski definition) is 6. The van der Waals surface area contributed by atoms with E-state index in [1.807, 2.05) is 0 Å². The Balaban J connectivity index is 1.82. The van der Waals surface area contributed by atoms with Gasteiger partial charge in [0.1, 0.15) is 6.33 Å². The number of hydrogen-bond donors (Lipinski definition) is 2. The number of aliphatic hydroxyl groups is 1. The highest BCUT2D eigenvalue weighted by Gasteiger charge is 2.23. The van der Waals surface area contributed by atoms with Crippen molar-refractivity contribution in [1.82, 2.24) is 24.5 Å². The summed E-state index contributed by atoms with van der Waals surface area (Å²) in [5.41, 5.74) is 0. The molecular weight excluding hydrogens is 280 g/mol. The summed E-state index contributed by atoms with van der Waals surface area (Å²) < 4.78 is 1.65. The number of nitrogens with zero attached hydrogens (tertiary/aromatic N) is 5. The van der Waals surface area contributed by atoms with E-state index in [2.05, 4.69) is 25.3 Å². The molecule has 1 aliphatic rings. The highest BCUT2D eigenvalue weighted by Crippen LogP contribution is 2.21. The van der Waals surface area contributed by atoms with Gasteiger partial charge in [-0.15, -0.1) is 0 Å². The largest absolute Gasteiger partial charge is 0.391 e. The summed E-state index contributed by atoms with van der Waals surface area (Å²) in [6.45, 7) is 0. The third kappa shape index (κ3) is 2.88. The second-order valence-electron chi connectivity index (χ2n) is 4.80. The molecule has 1 aliphatic carbocycles. The first-order chi connectivity index (χ1) is 9.72. The zero-order valence-electron chi connectivity index (χ0n) is 10.8. The van der Waals surface area contributed by atoms with Gasteiger partial charge in [0, 0.05) is 12.4 Å². The van der Waals surface area contributed by atoms with Crippen molar-refractivity contribution in [1.29, 1.82) is 0 Å². The third-order valence-corrected chi connectivity index (χ3v) is 3.54. The fraction of sp³-hybridized carbons (Fsp3) is 0.500. The van der Waals surface area contributed by atoms with Crippen LogP contribution < -0.4 is 5.32 Å². The Morgan fingerprint density at radius 1 is 1.25 bits per heavy atom. The van der Waals surface area contributed by atoms with E-state index in [1.165, 1.54) is 0 Å². The van der Waals surface area contributed by atoms with Gasteiger partial charge in [-0.2, -0.15) is 15.0 Å². The predicted octanol–water partition coefficient (Wildman–Crippen LogP) is 1.43. The van der Waals surface area contributed by atoms with E-state index in [-0.39, 0.29) is 17.4 Å². The van der Waals surface area contributed by atoms with Crippen molar-refractivity contribution in [2.45, 2.75) is 37.8 Å². The normalized spacial score (nSPS) is 22.7. The van der Waals surface area contributed by atoms with Crippen LogP contribution in [-0.4, -0.2) is 41.8 Å². The number of imidazole rings is 1. The summed E-state index contributed by atoms with van der Waals surface area (Å²) in [7, 11) is 0. The smallest absolute Gasteiger partial charge is 0.241 e. The molecule has 0 spiro atoms. The summed E-state index contributed by atoms with van der Waals surface area (Å²) in [5, 5.41) is 13.2. The number of nitrogens with one attached hydrogen (secondary N) is 1. The van der Waals surface area contributed by atoms with Gasteiger partial charge in [0.2, 0.25) is 17.2 Å². The molecule has 2 unspecified atom stereocenters. The van der Waals surface area contributed by atoms with Crippen LogP contribution in [0.3, 0.4) is 0 Å². The van der Waals surface area contributed by atoms with Crippen LogP contribution in [0.5, 0.6) is 0 Å². The molecule has 2 aromatic heterocycles. The van der Waals surface area contributed by atoms with Crippen LogP contribution in [0.1, 0.15) is 25.7 Å². The van der Waals surface area contributed by atoms with Gasteiger partial charge in [-0.1, -0.05) is 12.8 Å². The highest BCUT2D eigenvalue weighted by atomic mass is 35.5. The highest BCUT2D eigenvalue weighted by molar-refractivity contribution is 6.28. The summed E-state index contributed by atoms with van der Waals surface area (Å²) in [6, 6.07) is -0.0437. The first-order valence-electron chi connectivity index (χ1n) is 6.57. The summed E-state index contributed by atoms with van der Waals surface area (Å²) >= 11 is 5.92. The lowest BCUT2D eigenvalue weighted by atomic mass is 9.93. The molecule has 106 valence electrons. The molecule has 20 heavy (non-hydrogen) atoms. The molecule has 7 nitrogen and oxygen atoms in total. The van der Waals surface area contributed by atoms with Crippen molar-refractivity contribution in [3.05, 3.63) is 24.0 Å². The molecule has 0 aliphatic heterocycles. The molecule has 0 amide bonds. The molecule has 1 saturated carbocycles. The first-order valence-corrected chi connectivity index (χ1v) is 6.95. The second-order valence-corrected chi connectivity index (χ2v) is 5.14. The van der Waals surface area contributed by atoms with E-state index >= 15 is 0 Å². The Bertz CT molecular complexity index is 575. The maximum atomic E-state index is 9.97. The van der Waals surface area contributed by atoms with Gasteiger partial charge in [-0.3, -0.25) is 4.57 Å². The molecule has 2 atom stereocenters. The fourth-order valence-electron chi connectivity index (χ4n) is 2.34. The second kappa shape index (κ2) is 5.72. The average Bonchev–Trinajstić information content (AvgIpc) is 2.95. The zero-order chi connectivity index (χ0) is 13.9. The van der Waals surface area contributed by atoms with Crippen molar-refractivity contribution in [3.8, 4) is 5.95 Å². The lowest BCUT2D eigenvalue weighted by Gasteiger charge is -2.28. The van der Waals surface area contributed by atoms with E-state index in [4.69, 9.17) is 11.6 Å². The first kappa shape index (κ1) is 13.3. The van der Waals surface area contributed by atoms with Crippen LogP contribution in [-0.2, 0) is 0 Å². The van der Waals surface area contributed by atoms with Crippen molar-refractivity contribution in [2.24, 2.45) is 0 Å². The number of aliphatic hydroxyl groups excluding tert-OH is 1. The molecular formula is C12H15ClN6O. The van der Waals surface area contributed by atoms with Gasteiger partial charge in [0.15, 0.2) is 0 Å². The van der Waals surface area contributed by atoms with Crippen LogP contribution in [0.25, 0.3) is 5.95 Å².